The van der Waals surface area contributed by atoms with Crippen molar-refractivity contribution in [2.75, 3.05) is 7.11 Å². The molecule has 1 N–H and O–H groups in total. The molecule has 1 atom stereocenters. The maximum atomic E-state index is 13.7. The Kier molecular flexibility index (Phi) is 4.75. The van der Waals surface area contributed by atoms with Gasteiger partial charge in [-0.1, -0.05) is 30.3 Å². The van der Waals surface area contributed by atoms with Crippen LogP contribution in [0.5, 0.6) is 17.2 Å². The molecule has 3 aromatic carbocycles. The molecule has 2 aliphatic rings. The van der Waals surface area contributed by atoms with Crippen LogP contribution in [-0.4, -0.2) is 22.8 Å². The lowest BCUT2D eigenvalue weighted by Gasteiger charge is -2.26. The molecule has 0 bridgehead atoms. The van der Waals surface area contributed by atoms with Crippen LogP contribution in [-0.2, 0) is 17.8 Å². The number of aromatic nitrogens is 1. The largest absolute Gasteiger partial charge is 0.507 e. The lowest BCUT2D eigenvalue weighted by Crippen LogP contribution is -2.29. The number of methoxy groups -OCH3 is 1. The molecule has 0 saturated heterocycles. The first-order valence-corrected chi connectivity index (χ1v) is 12.3. The number of hydrogen-bond acceptors (Lipinski definition) is 7. The summed E-state index contributed by atoms with van der Waals surface area (Å²) in [6, 6.07) is 15.9. The molecule has 188 valence electrons. The van der Waals surface area contributed by atoms with Gasteiger partial charge >= 0.3 is 5.97 Å². The van der Waals surface area contributed by atoms with E-state index in [1.165, 1.54) is 12.3 Å². The number of rotatable bonds is 3. The molecule has 0 unspecified atom stereocenters. The van der Waals surface area contributed by atoms with Crippen LogP contribution in [0.25, 0.3) is 33.0 Å². The lowest BCUT2D eigenvalue weighted by atomic mass is 9.85. The number of carbonyl (C=O) groups excluding carboxylic acids is 1. The summed E-state index contributed by atoms with van der Waals surface area (Å²) in [5.74, 6) is -0.902. The highest BCUT2D eigenvalue weighted by molar-refractivity contribution is 5.94. The van der Waals surface area contributed by atoms with Crippen LogP contribution in [0, 0.1) is 0 Å². The van der Waals surface area contributed by atoms with Crippen LogP contribution in [0.1, 0.15) is 29.0 Å². The number of fused-ring (bicyclic) bond motifs is 3. The number of ether oxygens (including phenoxy) is 2. The van der Waals surface area contributed by atoms with Gasteiger partial charge in [-0.15, -0.1) is 0 Å². The van der Waals surface area contributed by atoms with Gasteiger partial charge in [-0.3, -0.25) is 14.4 Å². The lowest BCUT2D eigenvalue weighted by molar-refractivity contribution is -0.135. The topological polar surface area (TPSA) is 108 Å². The second-order valence-corrected chi connectivity index (χ2v) is 9.61. The van der Waals surface area contributed by atoms with Crippen molar-refractivity contribution in [3.63, 3.8) is 0 Å². The first-order chi connectivity index (χ1) is 18.4. The average Bonchev–Trinajstić information content (AvgIpc) is 3.36. The van der Waals surface area contributed by atoms with Gasteiger partial charge in [-0.25, -0.2) is 0 Å². The van der Waals surface area contributed by atoms with Gasteiger partial charge in [0.15, 0.2) is 0 Å². The Balaban J connectivity index is 1.48. The molecule has 5 aromatic rings. The van der Waals surface area contributed by atoms with Gasteiger partial charge in [0.2, 0.25) is 5.43 Å². The molecule has 8 nitrogen and oxygen atoms in total. The molecule has 7 rings (SSSR count). The fourth-order valence-electron chi connectivity index (χ4n) is 5.81. The summed E-state index contributed by atoms with van der Waals surface area (Å²) in [6.07, 6.45) is 2.00. The van der Waals surface area contributed by atoms with Gasteiger partial charge in [-0.2, -0.15) is 0 Å². The number of hydrogen-bond donors (Lipinski definition) is 1. The Morgan fingerprint density at radius 2 is 1.87 bits per heavy atom. The Hall–Kier alpha value is -4.85. The third-order valence-corrected chi connectivity index (χ3v) is 7.58. The zero-order valence-electron chi connectivity index (χ0n) is 20.3. The van der Waals surface area contributed by atoms with Gasteiger partial charge in [0.25, 0.3) is 5.56 Å². The third kappa shape index (κ3) is 3.13. The number of pyridine rings is 1. The summed E-state index contributed by atoms with van der Waals surface area (Å²) in [4.78, 5) is 39.9. The predicted molar refractivity (Wildman–Crippen MR) is 140 cm³/mol. The number of carbonyl (C=O) groups is 1. The molecule has 0 amide bonds. The van der Waals surface area contributed by atoms with Crippen molar-refractivity contribution in [2.24, 2.45) is 0 Å². The number of nitrogens with zero attached hydrogens (tertiary/aromatic N) is 1. The standard InChI is InChI=1S/C30H21NO7/c1-36-18-7-5-15(6-8-18)21-14-37-29-25-19(12-24(33)38-23(25)13-22(32)26(29)28(21)34)20-11-17-4-2-3-16-9-10-31(27(16)17)30(20)35/h2-8,11,13-14,19,32H,9-10,12H2,1H3/t19-/m1/s1. The van der Waals surface area contributed by atoms with Crippen LogP contribution in [0.15, 0.2) is 74.9 Å². The summed E-state index contributed by atoms with van der Waals surface area (Å²) in [7, 11) is 1.55. The molecule has 4 heterocycles. The zero-order valence-corrected chi connectivity index (χ0v) is 20.3. The van der Waals surface area contributed by atoms with E-state index in [9.17, 15) is 19.5 Å². The SMILES string of the molecule is COc1ccc(-c2coc3c4c(cc(O)c3c2=O)OC(=O)C[C@@H]4c2cc3cccc4c3n(c2=O)CC4)cc1. The highest BCUT2D eigenvalue weighted by Gasteiger charge is 2.36. The quantitative estimate of drug-likeness (QED) is 0.283. The fourth-order valence-corrected chi connectivity index (χ4v) is 5.81. The number of para-hydroxylation sites is 1. The third-order valence-electron chi connectivity index (χ3n) is 7.58. The van der Waals surface area contributed by atoms with E-state index < -0.39 is 17.3 Å². The number of esters is 1. The molecule has 0 radical (unpaired) electrons. The molecule has 2 aromatic heterocycles. The first-order valence-electron chi connectivity index (χ1n) is 12.3. The molecule has 0 aliphatic carbocycles. The number of phenolic OH excluding ortho intramolecular Hbond substituents is 1. The average molecular weight is 507 g/mol. The number of aryl methyl sites for hydroxylation is 2. The van der Waals surface area contributed by atoms with Crippen LogP contribution >= 0.6 is 0 Å². The first kappa shape index (κ1) is 22.4. The van der Waals surface area contributed by atoms with E-state index in [4.69, 9.17) is 13.9 Å². The molecular weight excluding hydrogens is 486 g/mol. The van der Waals surface area contributed by atoms with E-state index in [0.29, 0.717) is 29.0 Å². The predicted octanol–water partition coefficient (Wildman–Crippen LogP) is 4.49. The van der Waals surface area contributed by atoms with E-state index in [2.05, 4.69) is 0 Å². The van der Waals surface area contributed by atoms with Crippen molar-refractivity contribution in [3.8, 4) is 28.4 Å². The second kappa shape index (κ2) is 8.08. The van der Waals surface area contributed by atoms with Gasteiger partial charge in [0.1, 0.15) is 34.5 Å². The highest BCUT2D eigenvalue weighted by Crippen LogP contribution is 2.45. The van der Waals surface area contributed by atoms with E-state index in [1.54, 1.807) is 35.9 Å². The zero-order chi connectivity index (χ0) is 26.1. The van der Waals surface area contributed by atoms with E-state index in [0.717, 1.165) is 22.9 Å². The van der Waals surface area contributed by atoms with Crippen molar-refractivity contribution in [2.45, 2.75) is 25.3 Å². The van der Waals surface area contributed by atoms with Crippen molar-refractivity contribution >= 4 is 27.8 Å². The maximum absolute atomic E-state index is 13.7. The Morgan fingerprint density at radius 3 is 2.66 bits per heavy atom. The Labute approximate surface area is 215 Å². The number of benzene rings is 3. The van der Waals surface area contributed by atoms with E-state index >= 15 is 0 Å². The Bertz CT molecular complexity index is 1930. The summed E-state index contributed by atoms with van der Waals surface area (Å²) in [5, 5.41) is 11.7. The van der Waals surface area contributed by atoms with Crippen LogP contribution in [0.4, 0.5) is 0 Å². The summed E-state index contributed by atoms with van der Waals surface area (Å²) in [5.41, 5.74) is 3.15. The molecular formula is C30H21NO7. The van der Waals surface area contributed by atoms with Gasteiger partial charge in [0, 0.05) is 29.7 Å². The minimum atomic E-state index is -0.714. The van der Waals surface area contributed by atoms with E-state index in [-0.39, 0.29) is 40.0 Å². The molecule has 8 heteroatoms. The maximum Gasteiger partial charge on any atom is 0.312 e. The number of phenols is 1. The van der Waals surface area contributed by atoms with Gasteiger partial charge < -0.3 is 23.6 Å². The number of aromatic hydroxyl groups is 1. The molecule has 0 saturated carbocycles. The minimum absolute atomic E-state index is 0.0345. The van der Waals surface area contributed by atoms with Crippen molar-refractivity contribution < 1.29 is 23.8 Å². The van der Waals surface area contributed by atoms with Crippen LogP contribution in [0.2, 0.25) is 0 Å². The van der Waals surface area contributed by atoms with Gasteiger partial charge in [-0.05, 0) is 41.1 Å². The van der Waals surface area contributed by atoms with Crippen LogP contribution < -0.4 is 20.5 Å². The molecule has 38 heavy (non-hydrogen) atoms. The second-order valence-electron chi connectivity index (χ2n) is 9.61. The molecule has 0 spiro atoms. The summed E-state index contributed by atoms with van der Waals surface area (Å²) in [6.45, 7) is 0.559. The highest BCUT2D eigenvalue weighted by atomic mass is 16.5. The fraction of sp³-hybridized carbons (Fsp3) is 0.167. The molecule has 2 aliphatic heterocycles. The van der Waals surface area contributed by atoms with Gasteiger partial charge in [0.05, 0.1) is 24.6 Å². The van der Waals surface area contributed by atoms with Crippen molar-refractivity contribution in [1.29, 1.82) is 0 Å². The van der Waals surface area contributed by atoms with E-state index in [1.807, 2.05) is 24.3 Å². The minimum Gasteiger partial charge on any atom is -0.507 e. The summed E-state index contributed by atoms with van der Waals surface area (Å²) >= 11 is 0. The smallest absolute Gasteiger partial charge is 0.312 e. The van der Waals surface area contributed by atoms with Crippen LogP contribution in [0.3, 0.4) is 0 Å². The Morgan fingerprint density at radius 1 is 1.05 bits per heavy atom. The molecule has 0 fully saturated rings. The van der Waals surface area contributed by atoms with Crippen molar-refractivity contribution in [1.82, 2.24) is 4.57 Å². The summed E-state index contributed by atoms with van der Waals surface area (Å²) < 4.78 is 18.4. The van der Waals surface area contributed by atoms with Crippen molar-refractivity contribution in [3.05, 3.63) is 98.1 Å². The normalized spacial score (nSPS) is 16.0. The monoisotopic (exact) mass is 507 g/mol.